The zero-order valence-corrected chi connectivity index (χ0v) is 9.97. The van der Waals surface area contributed by atoms with Crippen LogP contribution in [0.3, 0.4) is 0 Å². The molecule has 0 heterocycles. The van der Waals surface area contributed by atoms with Gasteiger partial charge in [-0.3, -0.25) is 0 Å². The van der Waals surface area contributed by atoms with Crippen LogP contribution in [0.5, 0.6) is 0 Å². The van der Waals surface area contributed by atoms with Crippen molar-refractivity contribution in [3.05, 3.63) is 35.4 Å². The van der Waals surface area contributed by atoms with E-state index in [2.05, 4.69) is 38.1 Å². The topological polar surface area (TPSA) is 0 Å². The van der Waals surface area contributed by atoms with Gasteiger partial charge in [-0.25, -0.2) is 0 Å². The Morgan fingerprint density at radius 1 is 0.778 bits per heavy atom. The molecule has 0 aliphatic rings. The summed E-state index contributed by atoms with van der Waals surface area (Å²) in [5, 5.41) is 0. The van der Waals surface area contributed by atoms with Crippen LogP contribution in [-0.4, -0.2) is 0 Å². The van der Waals surface area contributed by atoms with Crippen molar-refractivity contribution in [2.45, 2.75) is 13.8 Å². The van der Waals surface area contributed by atoms with Crippen LogP contribution in [-0.2, 0) is 0 Å². The van der Waals surface area contributed by atoms with E-state index in [1.165, 1.54) is 11.1 Å². The minimum absolute atomic E-state index is 0. The summed E-state index contributed by atoms with van der Waals surface area (Å²) in [4.78, 5) is 0. The van der Waals surface area contributed by atoms with Crippen molar-refractivity contribution in [3.63, 3.8) is 0 Å². The van der Waals surface area contributed by atoms with Gasteiger partial charge in [0.25, 0.3) is 0 Å². The molecule has 0 aliphatic heterocycles. The Bertz CT molecular complexity index is 143. The number of rotatable bonds is 0. The molecule has 9 heavy (non-hydrogen) atoms. The van der Waals surface area contributed by atoms with Gasteiger partial charge in [0.15, 0.2) is 0 Å². The molecule has 0 bridgehead atoms. The summed E-state index contributed by atoms with van der Waals surface area (Å²) in [5.41, 5.74) is 2.66. The Balaban J connectivity index is 0.000000640. The van der Waals surface area contributed by atoms with Crippen LogP contribution in [0, 0.1) is 45.0 Å². The fourth-order valence-electron chi connectivity index (χ4n) is 0.637. The molecule has 1 heteroatoms. The predicted molar refractivity (Wildman–Crippen MR) is 35.9 cm³/mol. The summed E-state index contributed by atoms with van der Waals surface area (Å²) in [6.07, 6.45) is 0. The molecule has 0 unspecified atom stereocenters. The van der Waals surface area contributed by atoms with E-state index in [0.717, 1.165) is 0 Å². The molecule has 0 nitrogen and oxygen atoms in total. The van der Waals surface area contributed by atoms with Crippen LogP contribution in [0.15, 0.2) is 24.3 Å². The first-order valence-corrected chi connectivity index (χ1v) is 2.82. The fourth-order valence-corrected chi connectivity index (χ4v) is 0.637. The zero-order valence-electron chi connectivity index (χ0n) is 5.81. The van der Waals surface area contributed by atoms with Gasteiger partial charge < -0.3 is 0 Å². The molecule has 0 saturated heterocycles. The third kappa shape index (κ3) is 3.08. The second-order valence-electron chi connectivity index (χ2n) is 2.15. The van der Waals surface area contributed by atoms with Gasteiger partial charge in [0, 0.05) is 31.1 Å². The normalized spacial score (nSPS) is 8.22. The van der Waals surface area contributed by atoms with Crippen molar-refractivity contribution in [2.24, 2.45) is 0 Å². The summed E-state index contributed by atoms with van der Waals surface area (Å²) in [5.74, 6) is 0. The Kier molecular flexibility index (Phi) is 4.27. The van der Waals surface area contributed by atoms with Gasteiger partial charge in [-0.1, -0.05) is 35.4 Å². The van der Waals surface area contributed by atoms with Crippen molar-refractivity contribution in [3.8, 4) is 0 Å². The number of aryl methyl sites for hydroxylation is 2. The van der Waals surface area contributed by atoms with Crippen molar-refractivity contribution >= 4 is 0 Å². The third-order valence-electron chi connectivity index (χ3n) is 1.22. The second-order valence-corrected chi connectivity index (χ2v) is 2.15. The number of benzene rings is 1. The zero-order chi connectivity index (χ0) is 5.98. The van der Waals surface area contributed by atoms with Crippen LogP contribution >= 0.6 is 0 Å². The van der Waals surface area contributed by atoms with E-state index in [4.69, 9.17) is 0 Å². The number of hydrogen-bond acceptors (Lipinski definition) is 0. The molecule has 0 atom stereocenters. The first-order valence-electron chi connectivity index (χ1n) is 2.82. The fraction of sp³-hybridized carbons (Fsp3) is 0.250. The minimum atomic E-state index is 0. The van der Waals surface area contributed by atoms with Gasteiger partial charge in [0.2, 0.25) is 0 Å². The predicted octanol–water partition coefficient (Wildman–Crippen LogP) is 2.30. The van der Waals surface area contributed by atoms with E-state index < -0.39 is 0 Å². The summed E-state index contributed by atoms with van der Waals surface area (Å²) in [6.45, 7) is 4.19. The van der Waals surface area contributed by atoms with E-state index in [-0.39, 0.29) is 31.1 Å². The molecule has 1 aromatic rings. The molecule has 0 aromatic heterocycles. The summed E-state index contributed by atoms with van der Waals surface area (Å²) in [7, 11) is 0. The van der Waals surface area contributed by atoms with Crippen LogP contribution in [0.4, 0.5) is 0 Å². The molecule has 46 valence electrons. The van der Waals surface area contributed by atoms with Gasteiger partial charge in [0.05, 0.1) is 0 Å². The molecule has 0 radical (unpaired) electrons. The molecule has 0 fully saturated rings. The van der Waals surface area contributed by atoms with Gasteiger partial charge in [-0.05, 0) is 13.8 Å². The molecule has 0 N–H and O–H groups in total. The summed E-state index contributed by atoms with van der Waals surface area (Å²) in [6, 6.07) is 8.48. The Labute approximate surface area is 80.0 Å². The minimum Gasteiger partial charge on any atom is -0.0591 e. The van der Waals surface area contributed by atoms with Crippen molar-refractivity contribution in [1.29, 1.82) is 0 Å². The maximum Gasteiger partial charge on any atom is 0 e. The van der Waals surface area contributed by atoms with Gasteiger partial charge in [0.1, 0.15) is 0 Å². The standard InChI is InChI=1S/C8H10.U/c1-7-3-5-8(2)6-4-7;/h3-6H,1-2H3;. The molecule has 0 amide bonds. The van der Waals surface area contributed by atoms with Crippen LogP contribution in [0.25, 0.3) is 0 Å². The smallest absolute Gasteiger partial charge is 0 e. The van der Waals surface area contributed by atoms with Crippen LogP contribution in [0.2, 0.25) is 0 Å². The average Bonchev–Trinajstić information content (AvgIpc) is 1.77. The Morgan fingerprint density at radius 3 is 1.22 bits per heavy atom. The van der Waals surface area contributed by atoms with Crippen molar-refractivity contribution in [2.75, 3.05) is 0 Å². The van der Waals surface area contributed by atoms with Gasteiger partial charge in [-0.2, -0.15) is 0 Å². The summed E-state index contributed by atoms with van der Waals surface area (Å²) < 4.78 is 0. The van der Waals surface area contributed by atoms with E-state index >= 15 is 0 Å². The molecular formula is C8H10U. The van der Waals surface area contributed by atoms with Crippen LogP contribution in [0.1, 0.15) is 11.1 Å². The Hall–Kier alpha value is 0.272. The monoisotopic (exact) mass is 344 g/mol. The first kappa shape index (κ1) is 9.27. The molecule has 1 aromatic carbocycles. The van der Waals surface area contributed by atoms with Crippen molar-refractivity contribution < 1.29 is 31.1 Å². The molecular weight excluding hydrogens is 334 g/mol. The van der Waals surface area contributed by atoms with E-state index in [9.17, 15) is 0 Å². The molecule has 1 rings (SSSR count). The van der Waals surface area contributed by atoms with E-state index in [0.29, 0.717) is 0 Å². The maximum atomic E-state index is 2.12. The van der Waals surface area contributed by atoms with Crippen molar-refractivity contribution in [1.82, 2.24) is 0 Å². The molecule has 0 saturated carbocycles. The quantitative estimate of drug-likeness (QED) is 0.678. The van der Waals surface area contributed by atoms with E-state index in [1.807, 2.05) is 0 Å². The van der Waals surface area contributed by atoms with E-state index in [1.54, 1.807) is 0 Å². The largest absolute Gasteiger partial charge is 0.0591 e. The van der Waals surface area contributed by atoms with Gasteiger partial charge in [-0.15, -0.1) is 0 Å². The van der Waals surface area contributed by atoms with Crippen LogP contribution < -0.4 is 0 Å². The van der Waals surface area contributed by atoms with Gasteiger partial charge >= 0.3 is 0 Å². The number of hydrogen-bond donors (Lipinski definition) is 0. The second kappa shape index (κ2) is 4.15. The molecule has 0 aliphatic carbocycles. The molecule has 0 spiro atoms. The summed E-state index contributed by atoms with van der Waals surface area (Å²) >= 11 is 0. The SMILES string of the molecule is Cc1ccc(C)cc1.[U]. The first-order chi connectivity index (χ1) is 3.79. The third-order valence-corrected chi connectivity index (χ3v) is 1.22. The average molecular weight is 344 g/mol. The maximum absolute atomic E-state index is 2.12. The Morgan fingerprint density at radius 2 is 1.00 bits per heavy atom.